The lowest BCUT2D eigenvalue weighted by atomic mass is 9.92. The summed E-state index contributed by atoms with van der Waals surface area (Å²) >= 11 is 6.43. The molecule has 0 aliphatic heterocycles. The molecular formula is C28H37ClN4O5. The van der Waals surface area contributed by atoms with Gasteiger partial charge in [-0.1, -0.05) is 32.4 Å². The Morgan fingerprint density at radius 3 is 2.58 bits per heavy atom. The van der Waals surface area contributed by atoms with Gasteiger partial charge in [0.05, 0.1) is 29.9 Å². The molecule has 3 rings (SSSR count). The molecule has 0 saturated carbocycles. The van der Waals surface area contributed by atoms with Gasteiger partial charge in [-0.2, -0.15) is 0 Å². The highest BCUT2D eigenvalue weighted by molar-refractivity contribution is 6.33. The molecule has 1 aromatic heterocycles. The van der Waals surface area contributed by atoms with Crippen LogP contribution >= 0.6 is 11.6 Å². The highest BCUT2D eigenvalue weighted by atomic mass is 35.5. The summed E-state index contributed by atoms with van der Waals surface area (Å²) < 4.78 is 17.6. The number of pyridine rings is 1. The second-order valence-electron chi connectivity index (χ2n) is 10.1. The number of benzene rings is 2. The van der Waals surface area contributed by atoms with Crippen molar-refractivity contribution in [3.05, 3.63) is 47.6 Å². The molecule has 2 amide bonds. The summed E-state index contributed by atoms with van der Waals surface area (Å²) in [5.41, 5.74) is 1.30. The number of carbonyl (C=O) groups is 1. The van der Waals surface area contributed by atoms with Crippen molar-refractivity contribution in [2.75, 3.05) is 52.3 Å². The summed E-state index contributed by atoms with van der Waals surface area (Å²) in [7, 11) is 3.49. The van der Waals surface area contributed by atoms with Gasteiger partial charge in [0.2, 0.25) is 0 Å². The Morgan fingerprint density at radius 1 is 1.11 bits per heavy atom. The zero-order valence-electron chi connectivity index (χ0n) is 22.6. The van der Waals surface area contributed by atoms with Gasteiger partial charge in [0.1, 0.15) is 18.1 Å². The van der Waals surface area contributed by atoms with E-state index in [1.807, 2.05) is 24.1 Å². The van der Waals surface area contributed by atoms with Gasteiger partial charge in [-0.3, -0.25) is 4.98 Å². The van der Waals surface area contributed by atoms with E-state index in [4.69, 9.17) is 30.9 Å². The largest absolute Gasteiger partial charge is 0.493 e. The van der Waals surface area contributed by atoms with Gasteiger partial charge in [0, 0.05) is 43.4 Å². The fourth-order valence-corrected chi connectivity index (χ4v) is 3.81. The molecule has 1 heterocycles. The van der Waals surface area contributed by atoms with Crippen molar-refractivity contribution in [2.45, 2.75) is 27.2 Å². The van der Waals surface area contributed by atoms with E-state index < -0.39 is 0 Å². The zero-order chi connectivity index (χ0) is 27.7. The molecule has 0 spiro atoms. The number of nitrogens with one attached hydrogen (secondary N) is 2. The van der Waals surface area contributed by atoms with Crippen LogP contribution in [0.3, 0.4) is 0 Å². The number of amides is 2. The first-order valence-electron chi connectivity index (χ1n) is 12.5. The third kappa shape index (κ3) is 8.65. The smallest absolute Gasteiger partial charge is 0.319 e. The van der Waals surface area contributed by atoms with Gasteiger partial charge >= 0.3 is 6.03 Å². The Bertz CT molecular complexity index is 1230. The Hall–Kier alpha value is -3.27. The number of fused-ring (bicyclic) bond motifs is 1. The van der Waals surface area contributed by atoms with Crippen LogP contribution in [-0.2, 0) is 0 Å². The van der Waals surface area contributed by atoms with Crippen molar-refractivity contribution in [1.82, 2.24) is 15.2 Å². The molecule has 38 heavy (non-hydrogen) atoms. The number of methoxy groups -OCH3 is 1. The van der Waals surface area contributed by atoms with Crippen molar-refractivity contribution in [3.8, 4) is 23.0 Å². The van der Waals surface area contributed by atoms with Crippen molar-refractivity contribution >= 4 is 34.2 Å². The number of hydrogen-bond acceptors (Lipinski definition) is 7. The maximum absolute atomic E-state index is 12.2. The van der Waals surface area contributed by atoms with E-state index in [2.05, 4.69) is 36.4 Å². The first-order valence-corrected chi connectivity index (χ1v) is 12.9. The summed E-state index contributed by atoms with van der Waals surface area (Å²) in [5.74, 6) is 2.20. The van der Waals surface area contributed by atoms with Crippen molar-refractivity contribution in [1.29, 1.82) is 0 Å². The summed E-state index contributed by atoms with van der Waals surface area (Å²) in [6, 6.07) is 10.2. The van der Waals surface area contributed by atoms with Crippen LogP contribution in [0.25, 0.3) is 10.9 Å². The normalized spacial score (nSPS) is 11.5. The van der Waals surface area contributed by atoms with Crippen LogP contribution in [-0.4, -0.2) is 68.0 Å². The zero-order valence-corrected chi connectivity index (χ0v) is 23.4. The SMILES string of the molecule is COc1cc2c(Oc3ccc(NC(=O)NCCC(C)(C)C)c(Cl)c3)ccnc2cc1OCCN(C)CCO. The minimum Gasteiger partial charge on any atom is -0.493 e. The lowest BCUT2D eigenvalue weighted by molar-refractivity contribution is 0.190. The number of ether oxygens (including phenoxy) is 3. The van der Waals surface area contributed by atoms with Gasteiger partial charge in [0.15, 0.2) is 11.5 Å². The Morgan fingerprint density at radius 2 is 1.89 bits per heavy atom. The van der Waals surface area contributed by atoms with Crippen molar-refractivity contribution < 1.29 is 24.1 Å². The summed E-state index contributed by atoms with van der Waals surface area (Å²) in [6.07, 6.45) is 2.52. The van der Waals surface area contributed by atoms with Crippen LogP contribution in [0.2, 0.25) is 5.02 Å². The first kappa shape index (κ1) is 29.3. The first-order chi connectivity index (χ1) is 18.1. The average molecular weight is 545 g/mol. The molecule has 206 valence electrons. The van der Waals surface area contributed by atoms with Crippen molar-refractivity contribution in [3.63, 3.8) is 0 Å². The molecular weight excluding hydrogens is 508 g/mol. The number of anilines is 1. The van der Waals surface area contributed by atoms with Crippen LogP contribution in [0, 0.1) is 5.41 Å². The fourth-order valence-electron chi connectivity index (χ4n) is 3.59. The lowest BCUT2D eigenvalue weighted by Crippen LogP contribution is -2.31. The molecule has 3 N–H and O–H groups in total. The molecule has 2 aromatic carbocycles. The molecule has 0 aliphatic carbocycles. The number of likely N-dealkylation sites (N-methyl/N-ethyl adjacent to an activating group) is 1. The van der Waals surface area contributed by atoms with Crippen LogP contribution in [0.1, 0.15) is 27.2 Å². The number of nitrogens with zero attached hydrogens (tertiary/aromatic N) is 2. The van der Waals surface area contributed by atoms with Crippen molar-refractivity contribution in [2.24, 2.45) is 5.41 Å². The van der Waals surface area contributed by atoms with Gasteiger partial charge in [0.25, 0.3) is 0 Å². The van der Waals surface area contributed by atoms with E-state index in [9.17, 15) is 4.79 Å². The van der Waals surface area contributed by atoms with E-state index in [0.717, 1.165) is 11.8 Å². The quantitative estimate of drug-likeness (QED) is 0.274. The second-order valence-corrected chi connectivity index (χ2v) is 10.5. The monoisotopic (exact) mass is 544 g/mol. The summed E-state index contributed by atoms with van der Waals surface area (Å²) in [6.45, 7) is 8.70. The number of halogens is 1. The van der Waals surface area contributed by atoms with Crippen LogP contribution in [0.15, 0.2) is 42.6 Å². The molecule has 0 atom stereocenters. The molecule has 10 heteroatoms. The van der Waals surface area contributed by atoms with Crippen LogP contribution < -0.4 is 24.8 Å². The van der Waals surface area contributed by atoms with E-state index in [-0.39, 0.29) is 18.1 Å². The fraction of sp³-hybridized carbons (Fsp3) is 0.429. The van der Waals surface area contributed by atoms with Crippen LogP contribution in [0.5, 0.6) is 23.0 Å². The minimum atomic E-state index is -0.310. The molecule has 0 aliphatic rings. The number of rotatable bonds is 12. The topological polar surface area (TPSA) is 105 Å². The number of urea groups is 1. The number of carbonyl (C=O) groups excluding carboxylic acids is 1. The van der Waals surface area contributed by atoms with Gasteiger partial charge in [-0.05, 0) is 43.1 Å². The molecule has 0 saturated heterocycles. The maximum Gasteiger partial charge on any atom is 0.319 e. The molecule has 0 fully saturated rings. The highest BCUT2D eigenvalue weighted by Crippen LogP contribution is 2.38. The molecule has 0 unspecified atom stereocenters. The third-order valence-electron chi connectivity index (χ3n) is 5.78. The number of aliphatic hydroxyl groups excluding tert-OH is 1. The van der Waals surface area contributed by atoms with Gasteiger partial charge in [-0.25, -0.2) is 4.79 Å². The minimum absolute atomic E-state index is 0.0972. The molecule has 9 nitrogen and oxygen atoms in total. The second kappa shape index (κ2) is 13.5. The van der Waals surface area contributed by atoms with E-state index in [1.165, 1.54) is 0 Å². The molecule has 0 bridgehead atoms. The average Bonchev–Trinajstić information content (AvgIpc) is 2.85. The lowest BCUT2D eigenvalue weighted by Gasteiger charge is -2.18. The Balaban J connectivity index is 1.71. The van der Waals surface area contributed by atoms with Gasteiger partial charge in [-0.15, -0.1) is 0 Å². The molecule has 0 radical (unpaired) electrons. The third-order valence-corrected chi connectivity index (χ3v) is 6.09. The van der Waals surface area contributed by atoms with E-state index in [1.54, 1.807) is 37.6 Å². The van der Waals surface area contributed by atoms with Gasteiger partial charge < -0.3 is 34.9 Å². The number of aliphatic hydroxyl groups is 1. The van der Waals surface area contributed by atoms with E-state index in [0.29, 0.717) is 65.5 Å². The highest BCUT2D eigenvalue weighted by Gasteiger charge is 2.14. The predicted molar refractivity (Wildman–Crippen MR) is 151 cm³/mol. The summed E-state index contributed by atoms with van der Waals surface area (Å²) in [5, 5.41) is 15.8. The van der Waals surface area contributed by atoms with E-state index >= 15 is 0 Å². The standard InChI is InChI=1S/C28H37ClN4O5/c1-28(2,3)9-11-31-27(35)32-22-7-6-19(16-21(22)29)38-24-8-10-30-23-18-26(25(36-5)17-20(23)24)37-15-13-33(4)12-14-34/h6-8,10,16-18,34H,9,11-15H2,1-5H3,(H2,31,32,35). The van der Waals surface area contributed by atoms with Crippen LogP contribution in [0.4, 0.5) is 10.5 Å². The number of aromatic nitrogens is 1. The number of hydrogen-bond donors (Lipinski definition) is 3. The summed E-state index contributed by atoms with van der Waals surface area (Å²) in [4.78, 5) is 18.7. The predicted octanol–water partition coefficient (Wildman–Crippen LogP) is 5.55. The Kier molecular flexibility index (Phi) is 10.4. The maximum atomic E-state index is 12.2. The Labute approximate surface area is 229 Å². The molecule has 3 aromatic rings.